The second-order valence-corrected chi connectivity index (χ2v) is 9.54. The van der Waals surface area contributed by atoms with Crippen molar-refractivity contribution >= 4 is 69.2 Å². The van der Waals surface area contributed by atoms with Crippen LogP contribution in [0.15, 0.2) is 35.6 Å². The van der Waals surface area contributed by atoms with Gasteiger partial charge in [-0.2, -0.15) is 0 Å². The summed E-state index contributed by atoms with van der Waals surface area (Å²) in [6.07, 6.45) is 0. The van der Waals surface area contributed by atoms with E-state index < -0.39 is 51.5 Å². The van der Waals surface area contributed by atoms with E-state index in [0.29, 0.717) is 11.8 Å². The molecule has 0 spiro atoms. The third kappa shape index (κ3) is 4.17. The van der Waals surface area contributed by atoms with Gasteiger partial charge >= 0.3 is 29.6 Å². The summed E-state index contributed by atoms with van der Waals surface area (Å²) in [4.78, 5) is 64.6. The molecule has 2 atom stereocenters. The van der Waals surface area contributed by atoms with Crippen LogP contribution in [0.3, 0.4) is 0 Å². The molecule has 2 aliphatic rings. The number of carboxylic acid groups (broad SMARTS) is 1. The molecule has 1 aromatic heterocycles. The minimum Gasteiger partial charge on any atom is -0.543 e. The summed E-state index contributed by atoms with van der Waals surface area (Å²) in [6, 6.07) is -1.11. The first-order chi connectivity index (χ1) is 15.1. The molecule has 17 heteroatoms. The van der Waals surface area contributed by atoms with Crippen LogP contribution >= 0.6 is 34.9 Å². The first kappa shape index (κ1) is 25.3. The van der Waals surface area contributed by atoms with Crippen LogP contribution in [-0.4, -0.2) is 55.8 Å². The zero-order valence-corrected chi connectivity index (χ0v) is 21.0. The number of hydrogen-bond donors (Lipinski definition) is 4. The number of anilines is 2. The average molecular weight is 518 g/mol. The van der Waals surface area contributed by atoms with Crippen molar-refractivity contribution in [3.8, 4) is 0 Å². The van der Waals surface area contributed by atoms with Gasteiger partial charge in [-0.15, -0.1) is 23.1 Å². The second kappa shape index (κ2) is 9.47. The molecule has 1 saturated heterocycles. The van der Waals surface area contributed by atoms with Gasteiger partial charge in [0.05, 0.1) is 16.6 Å². The Balaban J connectivity index is 0.00000306. The van der Waals surface area contributed by atoms with E-state index >= 15 is 0 Å². The predicted octanol–water partition coefficient (Wildman–Crippen LogP) is -5.76. The number of thioether (sulfide) groups is 2. The minimum atomic E-state index is -1.66. The summed E-state index contributed by atoms with van der Waals surface area (Å²) in [5.41, 5.74) is 8.12. The Morgan fingerprint density at radius 2 is 2.00 bits per heavy atom. The Bertz CT molecular complexity index is 1310. The fourth-order valence-electron chi connectivity index (χ4n) is 3.09. The number of carboxylic acids is 1. The van der Waals surface area contributed by atoms with E-state index in [0.717, 1.165) is 28.0 Å². The number of hydrogen-bond acceptors (Lipinski definition) is 14. The largest absolute Gasteiger partial charge is 1.00 e. The topological polar surface area (TPSA) is 221 Å². The molecule has 3 heterocycles. The number of nitrogens with two attached hydrogens (primary N) is 2. The summed E-state index contributed by atoms with van der Waals surface area (Å²) < 4.78 is 0. The van der Waals surface area contributed by atoms with Crippen molar-refractivity contribution in [2.24, 2.45) is 5.16 Å². The van der Waals surface area contributed by atoms with Crippen LogP contribution in [-0.2, 0) is 14.4 Å². The van der Waals surface area contributed by atoms with Crippen LogP contribution in [0.1, 0.15) is 5.69 Å². The Morgan fingerprint density at radius 1 is 1.30 bits per heavy atom. The van der Waals surface area contributed by atoms with Gasteiger partial charge in [0.2, 0.25) is 5.43 Å². The van der Waals surface area contributed by atoms with E-state index in [1.165, 1.54) is 5.38 Å². The van der Waals surface area contributed by atoms with Gasteiger partial charge in [0, 0.05) is 16.0 Å². The quantitative estimate of drug-likeness (QED) is 0.0701. The maximum Gasteiger partial charge on any atom is 1.00 e. The predicted molar refractivity (Wildman–Crippen MR) is 114 cm³/mol. The fourth-order valence-corrected chi connectivity index (χ4v) is 6.19. The number of carbonyl (C=O) groups excluding carboxylic acids is 3. The number of nitrogens with one attached hydrogen (secondary N) is 1. The van der Waals surface area contributed by atoms with Gasteiger partial charge in [0.15, 0.2) is 10.8 Å². The van der Waals surface area contributed by atoms with Crippen LogP contribution in [0.2, 0.25) is 0 Å². The van der Waals surface area contributed by atoms with E-state index in [9.17, 15) is 34.3 Å². The molecule has 0 radical (unpaired) electrons. The number of nitrogen functional groups attached to an aromatic ring is 2. The molecule has 4 rings (SSSR count). The van der Waals surface area contributed by atoms with Gasteiger partial charge in [-0.3, -0.25) is 24.1 Å². The van der Waals surface area contributed by atoms with Crippen molar-refractivity contribution in [2.45, 2.75) is 16.3 Å². The summed E-state index contributed by atoms with van der Waals surface area (Å²) in [6.45, 7) is 0. The molecule has 0 saturated carbocycles. The molecule has 0 bridgehead atoms. The Kier molecular flexibility index (Phi) is 7.25. The molecule has 1 aromatic carbocycles. The molecular formula is C16H11N6NaO7S3. The Morgan fingerprint density at radius 3 is 2.55 bits per heavy atom. The van der Waals surface area contributed by atoms with Gasteiger partial charge in [0.1, 0.15) is 22.8 Å². The number of fused-ring (bicyclic) bond motifs is 1. The fraction of sp³-hybridized carbons (Fsp3) is 0.188. The van der Waals surface area contributed by atoms with Crippen molar-refractivity contribution in [2.75, 3.05) is 17.2 Å². The van der Waals surface area contributed by atoms with Gasteiger partial charge in [0.25, 0.3) is 17.2 Å². The molecule has 2 amide bonds. The molecule has 33 heavy (non-hydrogen) atoms. The van der Waals surface area contributed by atoms with Crippen LogP contribution in [0.25, 0.3) is 0 Å². The molecule has 1 fully saturated rings. The standard InChI is InChI=1S/C16H12N6O7S3.Na/c17-5-9(23)10(24)11(5)32-4-2-30-14-7(13(26)22(14)8(4)15(27)28)20-12(25)6(21-29)3-1-31-16(18)19-3;/h1,7,14,29H,2,17H2,(H2,18,19)(H,20,25)(H,27,28);/q;+1/p-1/b21-6-;/t7-,14-;/m1./s1. The molecule has 13 nitrogen and oxygen atoms in total. The summed E-state index contributed by atoms with van der Waals surface area (Å²) >= 11 is 2.83. The van der Waals surface area contributed by atoms with Crippen molar-refractivity contribution in [1.82, 2.24) is 15.2 Å². The van der Waals surface area contributed by atoms with Crippen LogP contribution in [0.4, 0.5) is 10.8 Å². The van der Waals surface area contributed by atoms with E-state index in [2.05, 4.69) is 15.5 Å². The zero-order valence-electron chi connectivity index (χ0n) is 16.6. The minimum absolute atomic E-state index is 0. The van der Waals surface area contributed by atoms with Crippen molar-refractivity contribution in [3.05, 3.63) is 42.1 Å². The first-order valence-corrected chi connectivity index (χ1v) is 11.3. The van der Waals surface area contributed by atoms with Gasteiger partial charge in [-0.05, 0) is 0 Å². The van der Waals surface area contributed by atoms with Crippen molar-refractivity contribution in [1.29, 1.82) is 0 Å². The molecule has 6 N–H and O–H groups in total. The summed E-state index contributed by atoms with van der Waals surface area (Å²) in [5, 5.41) is 27.0. The smallest absolute Gasteiger partial charge is 0.543 e. The molecular weight excluding hydrogens is 507 g/mol. The van der Waals surface area contributed by atoms with Crippen molar-refractivity contribution < 1.29 is 54.3 Å². The maximum atomic E-state index is 12.7. The van der Waals surface area contributed by atoms with Crippen LogP contribution in [0.5, 0.6) is 0 Å². The number of rotatable bonds is 6. The second-order valence-electron chi connectivity index (χ2n) is 6.44. The summed E-state index contributed by atoms with van der Waals surface area (Å²) in [5.74, 6) is -3.27. The summed E-state index contributed by atoms with van der Waals surface area (Å²) in [7, 11) is 0. The number of amides is 2. The molecule has 2 aromatic rings. The van der Waals surface area contributed by atoms with Crippen molar-refractivity contribution in [3.63, 3.8) is 0 Å². The SMILES string of the molecule is Nc1nc(/C(=N/O)C(=O)N[C@@H]2C(=O)N3C(C(=O)[O-])=C(Sc4c(N)c(=O)c4=O)CS[C@H]23)cs1.[Na+]. The van der Waals surface area contributed by atoms with E-state index in [1.807, 2.05) is 0 Å². The molecule has 0 aliphatic carbocycles. The Labute approximate surface area is 218 Å². The number of β-lactam (4-membered cyclic amide) rings is 1. The number of carbonyl (C=O) groups is 3. The van der Waals surface area contributed by atoms with Gasteiger partial charge in [-0.1, -0.05) is 16.9 Å². The zero-order chi connectivity index (χ0) is 23.3. The molecule has 2 aliphatic heterocycles. The van der Waals surface area contributed by atoms with E-state index in [1.54, 1.807) is 0 Å². The normalized spacial score (nSPS) is 20.2. The number of aromatic nitrogens is 1. The third-order valence-corrected chi connectivity index (χ3v) is 7.95. The van der Waals surface area contributed by atoms with Gasteiger partial charge < -0.3 is 31.9 Å². The monoisotopic (exact) mass is 518 g/mol. The number of oxime groups is 1. The van der Waals surface area contributed by atoms with Crippen LogP contribution in [0, 0.1) is 0 Å². The van der Waals surface area contributed by atoms with E-state index in [4.69, 9.17) is 11.5 Å². The van der Waals surface area contributed by atoms with Crippen LogP contribution < -0.4 is 62.3 Å². The Hall–Kier alpha value is -2.37. The molecule has 166 valence electrons. The first-order valence-electron chi connectivity index (χ1n) is 8.55. The van der Waals surface area contributed by atoms with E-state index in [-0.39, 0.29) is 61.6 Å². The number of nitrogens with zero attached hydrogens (tertiary/aromatic N) is 3. The third-order valence-electron chi connectivity index (χ3n) is 4.62. The number of thiazole rings is 1. The van der Waals surface area contributed by atoms with Gasteiger partial charge in [-0.25, -0.2) is 4.98 Å². The number of aliphatic carboxylic acids is 1. The average Bonchev–Trinajstić information content (AvgIpc) is 3.20. The maximum absolute atomic E-state index is 12.7. The molecule has 0 unspecified atom stereocenters.